The largest absolute Gasteiger partial charge is 0.399 e. The second kappa shape index (κ2) is 5.21. The van der Waals surface area contributed by atoms with Crippen LogP contribution in [-0.4, -0.2) is 30.8 Å². The lowest BCUT2D eigenvalue weighted by molar-refractivity contribution is 0.480. The van der Waals surface area contributed by atoms with Gasteiger partial charge in [-0.1, -0.05) is 0 Å². The molecule has 0 saturated heterocycles. The molecular weight excluding hydrogens is 278 g/mol. The summed E-state index contributed by atoms with van der Waals surface area (Å²) < 4.78 is 25.7. The van der Waals surface area contributed by atoms with Crippen LogP contribution in [0.1, 0.15) is 0 Å². The Labute approximate surface area is 115 Å². The lowest BCUT2D eigenvalue weighted by atomic mass is 10.2. The summed E-state index contributed by atoms with van der Waals surface area (Å²) in [5, 5.41) is 17.8. The average molecular weight is 289 g/mol. The van der Waals surface area contributed by atoms with Crippen LogP contribution in [0.15, 0.2) is 29.3 Å². The summed E-state index contributed by atoms with van der Waals surface area (Å²) in [6.07, 6.45) is 1.33. The molecule has 0 spiro atoms. The van der Waals surface area contributed by atoms with Gasteiger partial charge in [0.2, 0.25) is 10.0 Å². The average Bonchev–Trinajstić information content (AvgIpc) is 2.82. The number of fused-ring (bicyclic) bond motifs is 1. The maximum absolute atomic E-state index is 12.4. The number of benzene rings is 1. The van der Waals surface area contributed by atoms with E-state index >= 15 is 0 Å². The Morgan fingerprint density at radius 2 is 1.90 bits per heavy atom. The monoisotopic (exact) mass is 289 g/mol. The van der Waals surface area contributed by atoms with E-state index in [2.05, 4.69) is 4.98 Å². The van der Waals surface area contributed by atoms with Crippen LogP contribution >= 0.6 is 0 Å². The number of aromatic amines is 1. The van der Waals surface area contributed by atoms with Crippen molar-refractivity contribution in [3.05, 3.63) is 24.4 Å². The molecule has 0 aliphatic heterocycles. The summed E-state index contributed by atoms with van der Waals surface area (Å²) in [4.78, 5) is 2.85. The molecule has 0 bridgehead atoms. The van der Waals surface area contributed by atoms with Crippen LogP contribution < -0.4 is 5.73 Å². The van der Waals surface area contributed by atoms with Gasteiger partial charge in [0.25, 0.3) is 0 Å². The zero-order valence-corrected chi connectivity index (χ0v) is 11.2. The van der Waals surface area contributed by atoms with Crippen molar-refractivity contribution in [1.82, 2.24) is 9.29 Å². The van der Waals surface area contributed by atoms with Crippen LogP contribution in [0, 0.1) is 22.7 Å². The van der Waals surface area contributed by atoms with Gasteiger partial charge in [-0.3, -0.25) is 0 Å². The Bertz CT molecular complexity index is 810. The minimum absolute atomic E-state index is 0.0259. The number of hydrogen-bond donors (Lipinski definition) is 2. The second-order valence-electron chi connectivity index (χ2n) is 4.05. The number of rotatable bonds is 4. The SMILES string of the molecule is N#CCN(CC#N)S(=O)(=O)c1c[nH]c2cc(N)ccc12. The van der Waals surface area contributed by atoms with Crippen molar-refractivity contribution in [1.29, 1.82) is 10.5 Å². The number of nitrogen functional groups attached to an aromatic ring is 1. The maximum Gasteiger partial charge on any atom is 0.247 e. The van der Waals surface area contributed by atoms with E-state index in [1.165, 1.54) is 6.20 Å². The highest BCUT2D eigenvalue weighted by Crippen LogP contribution is 2.26. The highest BCUT2D eigenvalue weighted by Gasteiger charge is 2.27. The molecule has 0 fully saturated rings. The van der Waals surface area contributed by atoms with Crippen molar-refractivity contribution >= 4 is 26.6 Å². The molecule has 0 saturated carbocycles. The van der Waals surface area contributed by atoms with Crippen molar-refractivity contribution in [2.75, 3.05) is 18.8 Å². The van der Waals surface area contributed by atoms with Gasteiger partial charge in [-0.05, 0) is 18.2 Å². The van der Waals surface area contributed by atoms with Crippen LogP contribution in [0.5, 0.6) is 0 Å². The maximum atomic E-state index is 12.4. The number of hydrogen-bond acceptors (Lipinski definition) is 5. The molecule has 1 aromatic heterocycles. The van der Waals surface area contributed by atoms with Gasteiger partial charge in [-0.25, -0.2) is 8.42 Å². The molecule has 3 N–H and O–H groups in total. The fourth-order valence-electron chi connectivity index (χ4n) is 1.85. The summed E-state index contributed by atoms with van der Waals surface area (Å²) >= 11 is 0. The van der Waals surface area contributed by atoms with E-state index in [1.54, 1.807) is 30.3 Å². The summed E-state index contributed by atoms with van der Waals surface area (Å²) in [7, 11) is -3.91. The van der Waals surface area contributed by atoms with Crippen molar-refractivity contribution in [2.24, 2.45) is 0 Å². The van der Waals surface area contributed by atoms with E-state index in [9.17, 15) is 8.42 Å². The third kappa shape index (κ3) is 2.30. The van der Waals surface area contributed by atoms with Crippen LogP contribution in [0.4, 0.5) is 5.69 Å². The first-order chi connectivity index (χ1) is 9.50. The lowest BCUT2D eigenvalue weighted by Gasteiger charge is -2.15. The van der Waals surface area contributed by atoms with E-state index in [0.717, 1.165) is 4.31 Å². The molecule has 7 nitrogen and oxygen atoms in total. The molecule has 2 rings (SSSR count). The van der Waals surface area contributed by atoms with E-state index in [0.29, 0.717) is 16.6 Å². The van der Waals surface area contributed by atoms with Crippen LogP contribution in [0.2, 0.25) is 0 Å². The predicted molar refractivity (Wildman–Crippen MR) is 72.7 cm³/mol. The number of sulfonamides is 1. The molecule has 8 heteroatoms. The van der Waals surface area contributed by atoms with E-state index < -0.39 is 10.0 Å². The molecule has 102 valence electrons. The molecule has 0 aliphatic rings. The van der Waals surface area contributed by atoms with E-state index in [1.807, 2.05) is 0 Å². The van der Waals surface area contributed by atoms with Crippen LogP contribution in [0.25, 0.3) is 10.9 Å². The second-order valence-corrected chi connectivity index (χ2v) is 5.95. The molecule has 2 aromatic rings. The Morgan fingerprint density at radius 1 is 1.25 bits per heavy atom. The summed E-state index contributed by atoms with van der Waals surface area (Å²) in [5.74, 6) is 0. The topological polar surface area (TPSA) is 127 Å². The first kappa shape index (κ1) is 13.9. The van der Waals surface area contributed by atoms with E-state index in [-0.39, 0.29) is 18.0 Å². The molecule has 0 aliphatic carbocycles. The molecule has 1 aromatic carbocycles. The normalized spacial score (nSPS) is 11.3. The smallest absolute Gasteiger partial charge is 0.247 e. The predicted octanol–water partition coefficient (Wildman–Crippen LogP) is 0.788. The number of nitrogens with two attached hydrogens (primary N) is 1. The van der Waals surface area contributed by atoms with Crippen molar-refractivity contribution < 1.29 is 8.42 Å². The number of anilines is 1. The quantitative estimate of drug-likeness (QED) is 0.635. The molecule has 1 heterocycles. The summed E-state index contributed by atoms with van der Waals surface area (Å²) in [6, 6.07) is 8.28. The van der Waals surface area contributed by atoms with Gasteiger partial charge < -0.3 is 10.7 Å². The van der Waals surface area contributed by atoms with Crippen molar-refractivity contribution in [2.45, 2.75) is 4.90 Å². The molecular formula is C12H11N5O2S. The third-order valence-electron chi connectivity index (χ3n) is 2.78. The molecule has 0 atom stereocenters. The minimum atomic E-state index is -3.91. The number of nitrogens with one attached hydrogen (secondary N) is 1. The van der Waals surface area contributed by atoms with Gasteiger partial charge in [-0.15, -0.1) is 0 Å². The zero-order valence-electron chi connectivity index (χ0n) is 10.4. The summed E-state index contributed by atoms with van der Waals surface area (Å²) in [5.41, 5.74) is 6.72. The fraction of sp³-hybridized carbons (Fsp3) is 0.167. The first-order valence-corrected chi connectivity index (χ1v) is 7.05. The highest BCUT2D eigenvalue weighted by atomic mass is 32.2. The Balaban J connectivity index is 2.57. The van der Waals surface area contributed by atoms with Crippen molar-refractivity contribution in [3.8, 4) is 12.1 Å². The fourth-order valence-corrected chi connectivity index (χ4v) is 3.25. The van der Waals surface area contributed by atoms with Gasteiger partial charge in [-0.2, -0.15) is 14.8 Å². The first-order valence-electron chi connectivity index (χ1n) is 5.61. The Kier molecular flexibility index (Phi) is 3.61. The highest BCUT2D eigenvalue weighted by molar-refractivity contribution is 7.89. The number of nitrogens with zero attached hydrogens (tertiary/aromatic N) is 3. The van der Waals surface area contributed by atoms with Gasteiger partial charge in [0, 0.05) is 22.8 Å². The third-order valence-corrected chi connectivity index (χ3v) is 4.61. The minimum Gasteiger partial charge on any atom is -0.399 e. The van der Waals surface area contributed by atoms with Crippen molar-refractivity contribution in [3.63, 3.8) is 0 Å². The number of H-pyrrole nitrogens is 1. The molecule has 0 unspecified atom stereocenters. The molecule has 20 heavy (non-hydrogen) atoms. The van der Waals surface area contributed by atoms with Gasteiger partial charge in [0.1, 0.15) is 18.0 Å². The zero-order chi connectivity index (χ0) is 14.8. The molecule has 0 amide bonds. The number of nitriles is 2. The Morgan fingerprint density at radius 3 is 2.50 bits per heavy atom. The molecule has 0 radical (unpaired) electrons. The Hall–Kier alpha value is -2.55. The van der Waals surface area contributed by atoms with Crippen LogP contribution in [-0.2, 0) is 10.0 Å². The lowest BCUT2D eigenvalue weighted by Crippen LogP contribution is -2.31. The number of aromatic nitrogens is 1. The van der Waals surface area contributed by atoms with Gasteiger partial charge in [0.15, 0.2) is 0 Å². The van der Waals surface area contributed by atoms with Gasteiger partial charge >= 0.3 is 0 Å². The van der Waals surface area contributed by atoms with Crippen LogP contribution in [0.3, 0.4) is 0 Å². The standard InChI is InChI=1S/C12H11N5O2S/c13-3-5-17(6-4-14)20(18,19)12-8-16-11-7-9(15)1-2-10(11)12/h1-2,7-8,16H,5-6,15H2. The van der Waals surface area contributed by atoms with Gasteiger partial charge in [0.05, 0.1) is 12.1 Å². The summed E-state index contributed by atoms with van der Waals surface area (Å²) in [6.45, 7) is -0.755. The van der Waals surface area contributed by atoms with E-state index in [4.69, 9.17) is 16.3 Å².